The maximum absolute atomic E-state index is 5.31. The third-order valence-electron chi connectivity index (χ3n) is 3.95. The molecule has 2 aliphatic carbocycles. The molecule has 21 heavy (non-hydrogen) atoms. The van der Waals surface area contributed by atoms with Gasteiger partial charge < -0.3 is 19.7 Å². The Labute approximate surface area is 130 Å². The molecule has 0 bridgehead atoms. The van der Waals surface area contributed by atoms with Crippen LogP contribution in [0.2, 0.25) is 0 Å². The molecule has 2 aliphatic rings. The van der Waals surface area contributed by atoms with Crippen LogP contribution in [-0.2, 0) is 22.6 Å². The highest BCUT2D eigenvalue weighted by molar-refractivity contribution is 7.15. The second-order valence-corrected chi connectivity index (χ2v) is 6.93. The third kappa shape index (κ3) is 4.16. The van der Waals surface area contributed by atoms with Gasteiger partial charge in [-0.1, -0.05) is 0 Å². The quantitative estimate of drug-likeness (QED) is 0.717. The van der Waals surface area contributed by atoms with Crippen molar-refractivity contribution in [2.24, 2.45) is 0 Å². The Morgan fingerprint density at radius 1 is 1.24 bits per heavy atom. The molecule has 1 N–H and O–H groups in total. The molecule has 0 spiro atoms. The van der Waals surface area contributed by atoms with Crippen molar-refractivity contribution < 1.29 is 9.47 Å². The Morgan fingerprint density at radius 3 is 2.67 bits per heavy atom. The van der Waals surface area contributed by atoms with Crippen LogP contribution in [0.4, 0.5) is 5.13 Å². The minimum absolute atomic E-state index is 0.598. The highest BCUT2D eigenvalue weighted by atomic mass is 32.1. The summed E-state index contributed by atoms with van der Waals surface area (Å²) >= 11 is 1.81. The zero-order valence-corrected chi connectivity index (χ0v) is 13.7. The number of rotatable bonds is 10. The van der Waals surface area contributed by atoms with Gasteiger partial charge in [-0.15, -0.1) is 11.3 Å². The maximum Gasteiger partial charge on any atom is 0.186 e. The second-order valence-electron chi connectivity index (χ2n) is 5.87. The van der Waals surface area contributed by atoms with Crippen molar-refractivity contribution in [2.75, 3.05) is 32.3 Å². The predicted molar refractivity (Wildman–Crippen MR) is 84.9 cm³/mol. The summed E-state index contributed by atoms with van der Waals surface area (Å²) in [6, 6.07) is 1.38. The fourth-order valence-electron chi connectivity index (χ4n) is 2.41. The van der Waals surface area contributed by atoms with Gasteiger partial charge in [-0.25, -0.2) is 4.98 Å². The summed E-state index contributed by atoms with van der Waals surface area (Å²) in [7, 11) is 3.50. The highest BCUT2D eigenvalue weighted by Gasteiger charge is 2.31. The molecule has 1 aromatic heterocycles. The van der Waals surface area contributed by atoms with E-state index in [-0.39, 0.29) is 0 Å². The van der Waals surface area contributed by atoms with Crippen molar-refractivity contribution >= 4 is 16.5 Å². The standard InChI is InChI=1S/C15H25N3O2S/c1-19-8-7-18(12-5-6-12)15-17-13(10-20-2)14(21-15)9-16-11-3-4-11/h11-12,16H,3-10H2,1-2H3. The van der Waals surface area contributed by atoms with E-state index in [1.807, 2.05) is 11.3 Å². The number of ether oxygens (including phenoxy) is 2. The molecule has 6 heteroatoms. The normalized spacial score (nSPS) is 18.2. The summed E-state index contributed by atoms with van der Waals surface area (Å²) in [4.78, 5) is 8.57. The van der Waals surface area contributed by atoms with Gasteiger partial charge in [0.05, 0.1) is 18.9 Å². The van der Waals surface area contributed by atoms with Gasteiger partial charge in [0, 0.05) is 44.3 Å². The predicted octanol–water partition coefficient (Wildman–Crippen LogP) is 2.16. The lowest BCUT2D eigenvalue weighted by molar-refractivity contribution is 0.181. The molecule has 0 unspecified atom stereocenters. The Kier molecular flexibility index (Phi) is 5.11. The maximum atomic E-state index is 5.31. The third-order valence-corrected chi connectivity index (χ3v) is 5.08. The molecule has 0 saturated heterocycles. The summed E-state index contributed by atoms with van der Waals surface area (Å²) in [5, 5.41) is 4.72. The Bertz CT molecular complexity index is 458. The number of hydrogen-bond acceptors (Lipinski definition) is 6. The monoisotopic (exact) mass is 311 g/mol. The highest BCUT2D eigenvalue weighted by Crippen LogP contribution is 2.35. The van der Waals surface area contributed by atoms with E-state index in [1.54, 1.807) is 14.2 Å². The first-order valence-corrected chi connectivity index (χ1v) is 8.60. The van der Waals surface area contributed by atoms with Crippen LogP contribution in [0, 0.1) is 0 Å². The van der Waals surface area contributed by atoms with Crippen LogP contribution in [0.25, 0.3) is 0 Å². The molecule has 2 saturated carbocycles. The fourth-order valence-corrected chi connectivity index (χ4v) is 3.53. The Balaban J connectivity index is 1.71. The first-order valence-electron chi connectivity index (χ1n) is 7.78. The first kappa shape index (κ1) is 15.2. The van der Waals surface area contributed by atoms with E-state index < -0.39 is 0 Å². The summed E-state index contributed by atoms with van der Waals surface area (Å²) in [6.45, 7) is 3.20. The van der Waals surface area contributed by atoms with E-state index in [4.69, 9.17) is 14.5 Å². The van der Waals surface area contributed by atoms with Crippen LogP contribution in [0.15, 0.2) is 0 Å². The van der Waals surface area contributed by atoms with Crippen LogP contribution >= 0.6 is 11.3 Å². The fraction of sp³-hybridized carbons (Fsp3) is 0.800. The van der Waals surface area contributed by atoms with Crippen molar-refractivity contribution in [1.29, 1.82) is 0 Å². The lowest BCUT2D eigenvalue weighted by Crippen LogP contribution is -2.29. The molecule has 0 amide bonds. The van der Waals surface area contributed by atoms with Gasteiger partial charge >= 0.3 is 0 Å². The van der Waals surface area contributed by atoms with E-state index in [2.05, 4.69) is 10.2 Å². The Morgan fingerprint density at radius 2 is 2.05 bits per heavy atom. The molecule has 118 valence electrons. The van der Waals surface area contributed by atoms with Crippen molar-refractivity contribution in [2.45, 2.75) is 50.9 Å². The molecule has 0 atom stereocenters. The van der Waals surface area contributed by atoms with Gasteiger partial charge in [0.1, 0.15) is 0 Å². The minimum Gasteiger partial charge on any atom is -0.383 e. The largest absolute Gasteiger partial charge is 0.383 e. The molecule has 1 aromatic rings. The van der Waals surface area contributed by atoms with Gasteiger partial charge in [0.15, 0.2) is 5.13 Å². The topological polar surface area (TPSA) is 46.6 Å². The molecular weight excluding hydrogens is 286 g/mol. The zero-order valence-electron chi connectivity index (χ0n) is 12.9. The number of nitrogens with one attached hydrogen (secondary N) is 1. The van der Waals surface area contributed by atoms with Crippen LogP contribution in [0.5, 0.6) is 0 Å². The first-order chi connectivity index (χ1) is 10.3. The van der Waals surface area contributed by atoms with Crippen LogP contribution in [0.3, 0.4) is 0 Å². The van der Waals surface area contributed by atoms with Gasteiger partial charge in [-0.3, -0.25) is 0 Å². The number of hydrogen-bond donors (Lipinski definition) is 1. The van der Waals surface area contributed by atoms with Crippen LogP contribution < -0.4 is 10.2 Å². The van der Waals surface area contributed by atoms with E-state index in [1.165, 1.54) is 30.6 Å². The lowest BCUT2D eigenvalue weighted by Gasteiger charge is -2.20. The van der Waals surface area contributed by atoms with Crippen LogP contribution in [-0.4, -0.2) is 44.4 Å². The number of anilines is 1. The molecule has 0 radical (unpaired) electrons. The van der Waals surface area contributed by atoms with Crippen molar-refractivity contribution in [3.05, 3.63) is 10.6 Å². The molecule has 5 nitrogen and oxygen atoms in total. The second kappa shape index (κ2) is 7.05. The number of aromatic nitrogens is 1. The van der Waals surface area contributed by atoms with Crippen LogP contribution in [0.1, 0.15) is 36.3 Å². The average molecular weight is 311 g/mol. The SMILES string of the molecule is COCCN(c1nc(COC)c(CNC2CC2)s1)C1CC1. The van der Waals surface area contributed by atoms with E-state index >= 15 is 0 Å². The van der Waals surface area contributed by atoms with Gasteiger partial charge in [-0.05, 0) is 25.7 Å². The van der Waals surface area contributed by atoms with Gasteiger partial charge in [0.2, 0.25) is 0 Å². The Hall–Kier alpha value is -0.690. The minimum atomic E-state index is 0.598. The van der Waals surface area contributed by atoms with Gasteiger partial charge in [0.25, 0.3) is 0 Å². The van der Waals surface area contributed by atoms with E-state index in [0.29, 0.717) is 12.6 Å². The molecule has 2 fully saturated rings. The lowest BCUT2D eigenvalue weighted by atomic mass is 10.3. The van der Waals surface area contributed by atoms with Crippen molar-refractivity contribution in [3.63, 3.8) is 0 Å². The van der Waals surface area contributed by atoms with E-state index in [9.17, 15) is 0 Å². The molecule has 1 heterocycles. The molecule has 0 aliphatic heterocycles. The zero-order chi connectivity index (χ0) is 14.7. The number of methoxy groups -OCH3 is 2. The van der Waals surface area contributed by atoms with Gasteiger partial charge in [-0.2, -0.15) is 0 Å². The summed E-state index contributed by atoms with van der Waals surface area (Å²) in [5.74, 6) is 0. The smallest absolute Gasteiger partial charge is 0.186 e. The summed E-state index contributed by atoms with van der Waals surface area (Å²) in [5.41, 5.74) is 1.09. The number of nitrogens with zero attached hydrogens (tertiary/aromatic N) is 2. The van der Waals surface area contributed by atoms with E-state index in [0.717, 1.165) is 36.6 Å². The molecule has 3 rings (SSSR count). The average Bonchev–Trinajstić information content (AvgIpc) is 3.38. The summed E-state index contributed by atoms with van der Waals surface area (Å²) in [6.07, 6.45) is 5.18. The van der Waals surface area contributed by atoms with Crippen molar-refractivity contribution in [1.82, 2.24) is 10.3 Å². The summed E-state index contributed by atoms with van der Waals surface area (Å²) < 4.78 is 10.6. The molecular formula is C15H25N3O2S. The molecule has 0 aromatic carbocycles. The number of thiazole rings is 1. The van der Waals surface area contributed by atoms with Crippen molar-refractivity contribution in [3.8, 4) is 0 Å².